The summed E-state index contributed by atoms with van der Waals surface area (Å²) < 4.78 is 0. The number of aromatic amines is 1. The number of hydrogen-bond acceptors (Lipinski definition) is 6. The highest BCUT2D eigenvalue weighted by atomic mass is 15.2. The lowest BCUT2D eigenvalue weighted by molar-refractivity contribution is 0.874. The van der Waals surface area contributed by atoms with Gasteiger partial charge in [0.15, 0.2) is 5.82 Å². The van der Waals surface area contributed by atoms with Gasteiger partial charge in [0.1, 0.15) is 11.4 Å². The van der Waals surface area contributed by atoms with Crippen LogP contribution < -0.4 is 0 Å². The summed E-state index contributed by atoms with van der Waals surface area (Å²) in [5.41, 5.74) is 5.38. The van der Waals surface area contributed by atoms with Gasteiger partial charge in [-0.1, -0.05) is 30.3 Å². The van der Waals surface area contributed by atoms with Crippen molar-refractivity contribution in [3.63, 3.8) is 0 Å². The number of nitrogens with zero attached hydrogens (tertiary/aromatic N) is 6. The standard InChI is InChI=1S/C21H15N7/c1-2-4-14(5-3-1)20-21(15-6-9-24-25-12-15)28-27-19(26-20)10-16-11-23-18-13-22-8-7-17(16)18/h1-9,11-13,23H,10H2. The van der Waals surface area contributed by atoms with E-state index in [4.69, 9.17) is 4.98 Å². The minimum Gasteiger partial charge on any atom is -0.360 e. The largest absolute Gasteiger partial charge is 0.360 e. The number of aromatic nitrogens is 7. The van der Waals surface area contributed by atoms with Crippen LogP contribution in [0.25, 0.3) is 33.4 Å². The molecule has 7 nitrogen and oxygen atoms in total. The lowest BCUT2D eigenvalue weighted by Crippen LogP contribution is -2.04. The number of fused-ring (bicyclic) bond motifs is 1. The Kier molecular flexibility index (Phi) is 4.02. The van der Waals surface area contributed by atoms with Gasteiger partial charge < -0.3 is 4.98 Å². The summed E-state index contributed by atoms with van der Waals surface area (Å²) in [4.78, 5) is 12.2. The number of pyridine rings is 1. The van der Waals surface area contributed by atoms with Crippen LogP contribution in [-0.4, -0.2) is 35.3 Å². The first-order valence-electron chi connectivity index (χ1n) is 8.84. The molecule has 5 rings (SSSR count). The van der Waals surface area contributed by atoms with Gasteiger partial charge in [0, 0.05) is 35.3 Å². The molecule has 28 heavy (non-hydrogen) atoms. The molecule has 5 aromatic rings. The van der Waals surface area contributed by atoms with Crippen LogP contribution in [0.2, 0.25) is 0 Å². The third-order valence-electron chi connectivity index (χ3n) is 4.55. The van der Waals surface area contributed by atoms with Crippen LogP contribution >= 0.6 is 0 Å². The summed E-state index contributed by atoms with van der Waals surface area (Å²) in [5, 5.41) is 17.8. The Hall–Kier alpha value is -4.00. The maximum atomic E-state index is 4.85. The molecule has 0 aliphatic heterocycles. The van der Waals surface area contributed by atoms with Crippen LogP contribution in [0.15, 0.2) is 73.4 Å². The van der Waals surface area contributed by atoms with Crippen LogP contribution in [0, 0.1) is 0 Å². The molecule has 0 fully saturated rings. The third-order valence-corrected chi connectivity index (χ3v) is 4.55. The van der Waals surface area contributed by atoms with Crippen molar-refractivity contribution < 1.29 is 0 Å². The predicted molar refractivity (Wildman–Crippen MR) is 105 cm³/mol. The zero-order valence-electron chi connectivity index (χ0n) is 14.8. The molecule has 4 aromatic heterocycles. The molecule has 7 heteroatoms. The van der Waals surface area contributed by atoms with E-state index in [0.717, 1.165) is 33.3 Å². The molecule has 0 saturated heterocycles. The van der Waals surface area contributed by atoms with Gasteiger partial charge in [-0.05, 0) is 17.7 Å². The van der Waals surface area contributed by atoms with Crippen LogP contribution in [0.3, 0.4) is 0 Å². The highest BCUT2D eigenvalue weighted by molar-refractivity contribution is 5.82. The molecule has 1 aromatic carbocycles. The summed E-state index contributed by atoms with van der Waals surface area (Å²) in [6.45, 7) is 0. The monoisotopic (exact) mass is 365 g/mol. The van der Waals surface area contributed by atoms with E-state index in [1.165, 1.54) is 0 Å². The van der Waals surface area contributed by atoms with Crippen LogP contribution in [0.5, 0.6) is 0 Å². The molecular formula is C21H15N7. The molecule has 0 atom stereocenters. The summed E-state index contributed by atoms with van der Waals surface area (Å²) in [5.74, 6) is 0.655. The van der Waals surface area contributed by atoms with Gasteiger partial charge in [-0.15, -0.1) is 10.2 Å². The summed E-state index contributed by atoms with van der Waals surface area (Å²) in [6.07, 6.45) is 9.45. The summed E-state index contributed by atoms with van der Waals surface area (Å²) in [6, 6.07) is 13.8. The van der Waals surface area contributed by atoms with Crippen molar-refractivity contribution in [1.82, 2.24) is 35.3 Å². The maximum absolute atomic E-state index is 4.85. The molecule has 0 bridgehead atoms. The third kappa shape index (κ3) is 2.99. The van der Waals surface area contributed by atoms with Crippen LogP contribution in [0.4, 0.5) is 0 Å². The normalized spacial score (nSPS) is 11.0. The van der Waals surface area contributed by atoms with E-state index in [2.05, 4.69) is 30.4 Å². The highest BCUT2D eigenvalue weighted by Gasteiger charge is 2.15. The second kappa shape index (κ2) is 6.96. The molecule has 1 N–H and O–H groups in total. The molecule has 0 aliphatic carbocycles. The van der Waals surface area contributed by atoms with E-state index in [-0.39, 0.29) is 0 Å². The van der Waals surface area contributed by atoms with E-state index in [9.17, 15) is 0 Å². The predicted octanol–water partition coefficient (Wildman–Crippen LogP) is 3.46. The van der Waals surface area contributed by atoms with Gasteiger partial charge in [0.2, 0.25) is 0 Å². The van der Waals surface area contributed by atoms with Crippen LogP contribution in [-0.2, 0) is 6.42 Å². The Bertz CT molecular complexity index is 1230. The Morgan fingerprint density at radius 3 is 2.57 bits per heavy atom. The second-order valence-corrected chi connectivity index (χ2v) is 6.33. The quantitative estimate of drug-likeness (QED) is 0.524. The van der Waals surface area contributed by atoms with Crippen molar-refractivity contribution in [1.29, 1.82) is 0 Å². The molecule has 0 radical (unpaired) electrons. The molecule has 0 spiro atoms. The first-order valence-corrected chi connectivity index (χ1v) is 8.84. The zero-order valence-corrected chi connectivity index (χ0v) is 14.8. The minimum atomic E-state index is 0.575. The van der Waals surface area contributed by atoms with E-state index < -0.39 is 0 Å². The molecule has 134 valence electrons. The Labute approximate surface area is 160 Å². The Balaban J connectivity index is 1.61. The molecular weight excluding hydrogens is 350 g/mol. The Morgan fingerprint density at radius 1 is 0.786 bits per heavy atom. The minimum absolute atomic E-state index is 0.575. The van der Waals surface area contributed by atoms with Gasteiger partial charge in [0.25, 0.3) is 0 Å². The summed E-state index contributed by atoms with van der Waals surface area (Å²) in [7, 11) is 0. The van der Waals surface area contributed by atoms with Crippen molar-refractivity contribution in [3.05, 3.63) is 84.8 Å². The molecule has 4 heterocycles. The number of H-pyrrole nitrogens is 1. The first-order chi connectivity index (χ1) is 13.9. The van der Waals surface area contributed by atoms with E-state index in [1.54, 1.807) is 18.6 Å². The fourth-order valence-electron chi connectivity index (χ4n) is 3.21. The van der Waals surface area contributed by atoms with Gasteiger partial charge in [0.05, 0.1) is 24.1 Å². The van der Waals surface area contributed by atoms with Gasteiger partial charge in [-0.3, -0.25) is 4.98 Å². The average Bonchev–Trinajstić information content (AvgIpc) is 3.18. The van der Waals surface area contributed by atoms with E-state index >= 15 is 0 Å². The number of benzene rings is 1. The molecule has 0 amide bonds. The van der Waals surface area contributed by atoms with Gasteiger partial charge in [-0.25, -0.2) is 4.98 Å². The maximum Gasteiger partial charge on any atom is 0.156 e. The average molecular weight is 365 g/mol. The SMILES string of the molecule is c1ccc(-c2nc(Cc3c[nH]c4cnccc34)nnc2-c2ccnnc2)cc1. The molecule has 0 saturated carbocycles. The van der Waals surface area contributed by atoms with Crippen molar-refractivity contribution in [2.24, 2.45) is 0 Å². The zero-order chi connectivity index (χ0) is 18.8. The summed E-state index contributed by atoms with van der Waals surface area (Å²) >= 11 is 0. The number of nitrogens with one attached hydrogen (secondary N) is 1. The molecule has 0 unspecified atom stereocenters. The second-order valence-electron chi connectivity index (χ2n) is 6.33. The van der Waals surface area contributed by atoms with Crippen molar-refractivity contribution in [3.8, 4) is 22.5 Å². The van der Waals surface area contributed by atoms with Crippen molar-refractivity contribution in [2.45, 2.75) is 6.42 Å². The smallest absolute Gasteiger partial charge is 0.156 e. The number of hydrogen-bond donors (Lipinski definition) is 1. The topological polar surface area (TPSA) is 93.1 Å². The fraction of sp³-hybridized carbons (Fsp3) is 0.0476. The fourth-order valence-corrected chi connectivity index (χ4v) is 3.21. The number of rotatable bonds is 4. The van der Waals surface area contributed by atoms with Crippen LogP contribution in [0.1, 0.15) is 11.4 Å². The van der Waals surface area contributed by atoms with Crippen molar-refractivity contribution in [2.75, 3.05) is 0 Å². The lowest BCUT2D eigenvalue weighted by atomic mass is 10.1. The van der Waals surface area contributed by atoms with Crippen molar-refractivity contribution >= 4 is 10.9 Å². The highest BCUT2D eigenvalue weighted by Crippen LogP contribution is 2.28. The first kappa shape index (κ1) is 16.2. The van der Waals surface area contributed by atoms with Gasteiger partial charge in [-0.2, -0.15) is 10.2 Å². The Morgan fingerprint density at radius 2 is 1.71 bits per heavy atom. The lowest BCUT2D eigenvalue weighted by Gasteiger charge is -2.09. The molecule has 0 aliphatic rings. The van der Waals surface area contributed by atoms with Gasteiger partial charge >= 0.3 is 0 Å². The van der Waals surface area contributed by atoms with E-state index in [1.807, 2.05) is 54.9 Å². The van der Waals surface area contributed by atoms with E-state index in [0.29, 0.717) is 17.9 Å².